The molecule has 0 heterocycles. The van der Waals surface area contributed by atoms with Crippen LogP contribution < -0.4 is 9.47 Å². The molecule has 2 aromatic carbocycles. The predicted octanol–water partition coefficient (Wildman–Crippen LogP) is 3.68. The van der Waals surface area contributed by atoms with E-state index in [1.54, 1.807) is 0 Å². The third-order valence-corrected chi connectivity index (χ3v) is 6.17. The monoisotopic (exact) mass is 356 g/mol. The van der Waals surface area contributed by atoms with Crippen LogP contribution in [-0.2, 0) is 11.8 Å². The first-order valence-corrected chi connectivity index (χ1v) is 9.74. The molecule has 4 heteroatoms. The van der Waals surface area contributed by atoms with E-state index in [-0.39, 0.29) is 18.6 Å². The fraction of sp³-hybridized carbons (Fsp3) is 0.545. The van der Waals surface area contributed by atoms with Gasteiger partial charge in [-0.25, -0.2) is 0 Å². The van der Waals surface area contributed by atoms with E-state index in [4.69, 9.17) is 9.47 Å². The average Bonchev–Trinajstić information content (AvgIpc) is 3.18. The Morgan fingerprint density at radius 2 is 1.85 bits per heavy atom. The van der Waals surface area contributed by atoms with Gasteiger partial charge in [-0.15, -0.1) is 0 Å². The Hall–Kier alpha value is -1.78. The van der Waals surface area contributed by atoms with Gasteiger partial charge in [0, 0.05) is 21.9 Å². The van der Waals surface area contributed by atoms with Gasteiger partial charge in [0.25, 0.3) is 0 Å². The van der Waals surface area contributed by atoms with Gasteiger partial charge in [-0.2, -0.15) is 0 Å². The summed E-state index contributed by atoms with van der Waals surface area (Å²) in [5.41, 5.74) is 3.91. The molecular weight excluding hydrogens is 328 g/mol. The first kappa shape index (κ1) is 17.6. The van der Waals surface area contributed by atoms with Crippen molar-refractivity contribution in [3.8, 4) is 11.5 Å². The highest BCUT2D eigenvalue weighted by molar-refractivity contribution is 5.99. The summed E-state index contributed by atoms with van der Waals surface area (Å²) in [5, 5.41) is 20.9. The molecule has 26 heavy (non-hydrogen) atoms. The maximum absolute atomic E-state index is 9.35. The van der Waals surface area contributed by atoms with Crippen molar-refractivity contribution >= 4 is 10.8 Å². The van der Waals surface area contributed by atoms with Crippen molar-refractivity contribution in [2.45, 2.75) is 50.9 Å². The molecule has 0 aromatic heterocycles. The Morgan fingerprint density at radius 3 is 2.54 bits per heavy atom. The number of aliphatic hydroxyl groups is 2. The molecule has 2 N–H and O–H groups in total. The highest BCUT2D eigenvalue weighted by atomic mass is 16.5. The molecule has 1 saturated carbocycles. The summed E-state index contributed by atoms with van der Waals surface area (Å²) < 4.78 is 12.3. The van der Waals surface area contributed by atoms with E-state index in [2.05, 4.69) is 32.0 Å². The average molecular weight is 356 g/mol. The van der Waals surface area contributed by atoms with Crippen molar-refractivity contribution in [3.05, 3.63) is 34.9 Å². The van der Waals surface area contributed by atoms with Gasteiger partial charge in [0.1, 0.15) is 24.7 Å². The lowest BCUT2D eigenvalue weighted by atomic mass is 9.78. The molecule has 2 aliphatic rings. The highest BCUT2D eigenvalue weighted by Crippen LogP contribution is 2.64. The molecule has 1 fully saturated rings. The van der Waals surface area contributed by atoms with Crippen molar-refractivity contribution in [1.29, 1.82) is 0 Å². The van der Waals surface area contributed by atoms with Crippen molar-refractivity contribution in [1.82, 2.24) is 0 Å². The van der Waals surface area contributed by atoms with Crippen LogP contribution in [0.3, 0.4) is 0 Å². The zero-order chi connectivity index (χ0) is 18.3. The topological polar surface area (TPSA) is 58.9 Å². The molecule has 2 atom stereocenters. The smallest absolute Gasteiger partial charge is 0.131 e. The van der Waals surface area contributed by atoms with Crippen LogP contribution in [0.15, 0.2) is 18.2 Å². The van der Waals surface area contributed by atoms with Crippen LogP contribution in [-0.4, -0.2) is 36.6 Å². The third kappa shape index (κ3) is 2.50. The fourth-order valence-corrected chi connectivity index (χ4v) is 5.16. The minimum atomic E-state index is 0.00659. The van der Waals surface area contributed by atoms with E-state index in [1.807, 2.05) is 0 Å². The maximum Gasteiger partial charge on any atom is 0.131 e. The van der Waals surface area contributed by atoms with E-state index in [0.29, 0.717) is 19.1 Å². The minimum absolute atomic E-state index is 0.00659. The summed E-state index contributed by atoms with van der Waals surface area (Å²) in [6.07, 6.45) is 4.38. The number of fused-ring (bicyclic) bond motifs is 6. The molecule has 2 aliphatic carbocycles. The number of aryl methyl sites for hydroxylation is 1. The second-order valence-corrected chi connectivity index (χ2v) is 7.78. The number of ether oxygens (including phenoxy) is 2. The molecule has 0 aliphatic heterocycles. The summed E-state index contributed by atoms with van der Waals surface area (Å²) in [5.74, 6) is 2.38. The zero-order valence-electron chi connectivity index (χ0n) is 15.7. The number of hydrogen-bond acceptors (Lipinski definition) is 4. The zero-order valence-corrected chi connectivity index (χ0v) is 15.7. The summed E-state index contributed by atoms with van der Waals surface area (Å²) in [6, 6.07) is 6.32. The Labute approximate surface area is 154 Å². The Bertz CT molecular complexity index is 829. The molecule has 0 spiro atoms. The molecule has 4 nitrogen and oxygen atoms in total. The van der Waals surface area contributed by atoms with Gasteiger partial charge in [-0.3, -0.25) is 0 Å². The number of hydrogen-bond donors (Lipinski definition) is 2. The summed E-state index contributed by atoms with van der Waals surface area (Å²) in [4.78, 5) is 0. The molecule has 0 radical (unpaired) electrons. The fourth-order valence-electron chi connectivity index (χ4n) is 5.16. The summed E-state index contributed by atoms with van der Waals surface area (Å²) in [6.45, 7) is 5.10. The number of aliphatic hydroxyl groups excluding tert-OH is 2. The first-order chi connectivity index (χ1) is 12.6. The Balaban J connectivity index is 2.06. The van der Waals surface area contributed by atoms with Gasteiger partial charge in [-0.05, 0) is 42.6 Å². The van der Waals surface area contributed by atoms with E-state index in [0.717, 1.165) is 35.1 Å². The quantitative estimate of drug-likeness (QED) is 0.794. The molecule has 2 bridgehead atoms. The van der Waals surface area contributed by atoms with Crippen LogP contribution in [0, 0.1) is 0 Å². The second-order valence-electron chi connectivity index (χ2n) is 7.78. The van der Waals surface area contributed by atoms with Gasteiger partial charge >= 0.3 is 0 Å². The Kier molecular flexibility index (Phi) is 4.57. The summed E-state index contributed by atoms with van der Waals surface area (Å²) >= 11 is 0. The SMILES string of the molecule is CCc1cccc2c(OCCO)c3c(c(OCCO)c12)C1CCC3(C)C1. The lowest BCUT2D eigenvalue weighted by molar-refractivity contribution is 0.197. The third-order valence-electron chi connectivity index (χ3n) is 6.17. The van der Waals surface area contributed by atoms with Crippen molar-refractivity contribution in [2.24, 2.45) is 0 Å². The lowest BCUT2D eigenvalue weighted by Crippen LogP contribution is -2.20. The predicted molar refractivity (Wildman–Crippen MR) is 102 cm³/mol. The van der Waals surface area contributed by atoms with Crippen LogP contribution in [0.25, 0.3) is 10.8 Å². The van der Waals surface area contributed by atoms with Gasteiger partial charge in [-0.1, -0.05) is 32.0 Å². The van der Waals surface area contributed by atoms with Crippen molar-refractivity contribution in [2.75, 3.05) is 26.4 Å². The molecule has 2 unspecified atom stereocenters. The largest absolute Gasteiger partial charge is 0.490 e. The maximum atomic E-state index is 9.35. The van der Waals surface area contributed by atoms with E-state index in [9.17, 15) is 10.2 Å². The van der Waals surface area contributed by atoms with Crippen LogP contribution in [0.5, 0.6) is 11.5 Å². The number of rotatable bonds is 7. The van der Waals surface area contributed by atoms with Gasteiger partial charge in [0.05, 0.1) is 13.2 Å². The molecule has 0 saturated heterocycles. The highest BCUT2D eigenvalue weighted by Gasteiger charge is 2.50. The van der Waals surface area contributed by atoms with Gasteiger partial charge in [0.2, 0.25) is 0 Å². The molecule has 2 aromatic rings. The lowest BCUT2D eigenvalue weighted by Gasteiger charge is -2.30. The van der Waals surface area contributed by atoms with Crippen LogP contribution in [0.4, 0.5) is 0 Å². The summed E-state index contributed by atoms with van der Waals surface area (Å²) in [7, 11) is 0. The minimum Gasteiger partial charge on any atom is -0.490 e. The van der Waals surface area contributed by atoms with Gasteiger partial charge in [0.15, 0.2) is 0 Å². The van der Waals surface area contributed by atoms with Crippen LogP contribution >= 0.6 is 0 Å². The normalized spacial score (nSPS) is 23.5. The van der Waals surface area contributed by atoms with E-state index >= 15 is 0 Å². The Morgan fingerprint density at radius 1 is 1.12 bits per heavy atom. The van der Waals surface area contributed by atoms with Gasteiger partial charge < -0.3 is 19.7 Å². The number of benzene rings is 2. The first-order valence-electron chi connectivity index (χ1n) is 9.74. The second kappa shape index (κ2) is 6.75. The van der Waals surface area contributed by atoms with Crippen molar-refractivity contribution < 1.29 is 19.7 Å². The standard InChI is InChI=1S/C22H28O4/c1-3-14-5-4-6-16-17(14)21(26-12-10-24)18-15-7-8-22(2,13-15)19(18)20(16)25-11-9-23/h4-6,15,23-24H,3,7-13H2,1-2H3. The molecular formula is C22H28O4. The van der Waals surface area contributed by atoms with Crippen molar-refractivity contribution in [3.63, 3.8) is 0 Å². The molecule has 140 valence electrons. The van der Waals surface area contributed by atoms with Crippen LogP contribution in [0.2, 0.25) is 0 Å². The molecule has 0 amide bonds. The molecule has 4 rings (SSSR count). The van der Waals surface area contributed by atoms with Crippen LogP contribution in [0.1, 0.15) is 55.7 Å². The van der Waals surface area contributed by atoms with E-state index < -0.39 is 0 Å². The van der Waals surface area contributed by atoms with E-state index in [1.165, 1.54) is 29.5 Å².